The average Bonchev–Trinajstić information content (AvgIpc) is 3.24. The van der Waals surface area contributed by atoms with Gasteiger partial charge in [0.15, 0.2) is 5.82 Å². The number of aromatic nitrogens is 3. The van der Waals surface area contributed by atoms with Crippen LogP contribution < -0.4 is 5.84 Å². The predicted octanol–water partition coefficient (Wildman–Crippen LogP) is 2.99. The minimum Gasteiger partial charge on any atom is -0.339 e. The molecule has 0 radical (unpaired) electrons. The fraction of sp³-hybridized carbons (Fsp3) is 0.562. The van der Waals surface area contributed by atoms with Gasteiger partial charge in [0.25, 0.3) is 0 Å². The van der Waals surface area contributed by atoms with Crippen LogP contribution in [0.1, 0.15) is 39.0 Å². The molecule has 1 aliphatic rings. The number of nitrogen functional groups attached to an aromatic ring is 1. The topological polar surface area (TPSA) is 77.0 Å². The number of nitrogens with zero attached hydrogens (tertiary/aromatic N) is 4. The second-order valence-electron chi connectivity index (χ2n) is 5.91. The van der Waals surface area contributed by atoms with Gasteiger partial charge < -0.3 is 10.7 Å². The van der Waals surface area contributed by atoms with E-state index in [1.807, 2.05) is 22.4 Å². The van der Waals surface area contributed by atoms with Gasteiger partial charge in [-0.1, -0.05) is 37.1 Å². The first-order valence-electron chi connectivity index (χ1n) is 8.37. The van der Waals surface area contributed by atoms with Gasteiger partial charge in [-0.3, -0.25) is 4.79 Å². The van der Waals surface area contributed by atoms with E-state index in [2.05, 4.69) is 17.1 Å². The number of hydrogen-bond acceptors (Lipinski definition) is 6. The van der Waals surface area contributed by atoms with E-state index in [1.165, 1.54) is 35.7 Å². The Hall–Kier alpha value is -1.54. The van der Waals surface area contributed by atoms with Crippen LogP contribution in [-0.2, 0) is 4.79 Å². The lowest BCUT2D eigenvalue weighted by Crippen LogP contribution is -2.42. The number of thioether (sulfide) groups is 1. The van der Waals surface area contributed by atoms with E-state index in [0.717, 1.165) is 24.3 Å². The van der Waals surface area contributed by atoms with Crippen molar-refractivity contribution < 1.29 is 4.79 Å². The number of carbonyl (C=O) groups excluding carboxylic acids is 1. The van der Waals surface area contributed by atoms with Crippen molar-refractivity contribution in [3.05, 3.63) is 17.5 Å². The molecule has 3 rings (SSSR count). The zero-order chi connectivity index (χ0) is 16.9. The van der Waals surface area contributed by atoms with Crippen molar-refractivity contribution in [1.82, 2.24) is 19.8 Å². The van der Waals surface area contributed by atoms with E-state index in [1.54, 1.807) is 11.3 Å². The molecule has 1 aliphatic carbocycles. The third-order valence-electron chi connectivity index (χ3n) is 4.41. The molecule has 1 saturated carbocycles. The first-order valence-corrected chi connectivity index (χ1v) is 10.2. The number of thiophene rings is 1. The monoisotopic (exact) mass is 365 g/mol. The summed E-state index contributed by atoms with van der Waals surface area (Å²) in [6.45, 7) is 2.82. The lowest BCUT2D eigenvalue weighted by Gasteiger charge is -2.33. The Morgan fingerprint density at radius 1 is 1.42 bits per heavy atom. The molecule has 2 aromatic heterocycles. The summed E-state index contributed by atoms with van der Waals surface area (Å²) >= 11 is 2.93. The van der Waals surface area contributed by atoms with E-state index in [9.17, 15) is 4.79 Å². The molecule has 0 saturated heterocycles. The van der Waals surface area contributed by atoms with Gasteiger partial charge >= 0.3 is 0 Å². The fourth-order valence-electron chi connectivity index (χ4n) is 3.19. The van der Waals surface area contributed by atoms with Gasteiger partial charge in [0, 0.05) is 12.6 Å². The molecule has 0 unspecified atom stereocenters. The molecular weight excluding hydrogens is 342 g/mol. The van der Waals surface area contributed by atoms with Crippen LogP contribution in [0, 0.1) is 0 Å². The maximum Gasteiger partial charge on any atom is 0.233 e. The lowest BCUT2D eigenvalue weighted by molar-refractivity contribution is -0.131. The fourth-order valence-corrected chi connectivity index (χ4v) is 4.64. The zero-order valence-corrected chi connectivity index (χ0v) is 15.5. The summed E-state index contributed by atoms with van der Waals surface area (Å²) in [4.78, 5) is 15.6. The van der Waals surface area contributed by atoms with E-state index in [-0.39, 0.29) is 5.91 Å². The highest BCUT2D eigenvalue weighted by atomic mass is 32.2. The highest BCUT2D eigenvalue weighted by Crippen LogP contribution is 2.26. The molecule has 2 aromatic rings. The number of nitrogens with two attached hydrogens (primary N) is 1. The Morgan fingerprint density at radius 2 is 2.21 bits per heavy atom. The smallest absolute Gasteiger partial charge is 0.233 e. The molecule has 8 heteroatoms. The summed E-state index contributed by atoms with van der Waals surface area (Å²) in [5.41, 5.74) is 0. The highest BCUT2D eigenvalue weighted by molar-refractivity contribution is 7.99. The predicted molar refractivity (Wildman–Crippen MR) is 98.5 cm³/mol. The van der Waals surface area contributed by atoms with Gasteiger partial charge in [-0.15, -0.1) is 21.5 Å². The van der Waals surface area contributed by atoms with Crippen molar-refractivity contribution in [2.45, 2.75) is 50.2 Å². The van der Waals surface area contributed by atoms with Crippen molar-refractivity contribution in [3.63, 3.8) is 0 Å². The molecule has 24 heavy (non-hydrogen) atoms. The van der Waals surface area contributed by atoms with Gasteiger partial charge in [-0.2, -0.15) is 0 Å². The molecule has 0 bridgehead atoms. The Morgan fingerprint density at radius 3 is 2.88 bits per heavy atom. The van der Waals surface area contributed by atoms with Crippen LogP contribution in [0.25, 0.3) is 10.7 Å². The molecule has 0 spiro atoms. The number of amides is 1. The summed E-state index contributed by atoms with van der Waals surface area (Å²) in [5, 5.41) is 10.8. The van der Waals surface area contributed by atoms with Crippen LogP contribution in [0.4, 0.5) is 0 Å². The Balaban J connectivity index is 1.61. The maximum absolute atomic E-state index is 12.6. The van der Waals surface area contributed by atoms with Crippen molar-refractivity contribution in [1.29, 1.82) is 0 Å². The summed E-state index contributed by atoms with van der Waals surface area (Å²) in [7, 11) is 0. The van der Waals surface area contributed by atoms with Gasteiger partial charge in [0.1, 0.15) is 0 Å². The molecule has 0 aliphatic heterocycles. The minimum absolute atomic E-state index is 0.162. The van der Waals surface area contributed by atoms with Gasteiger partial charge in [-0.25, -0.2) is 4.68 Å². The molecule has 2 heterocycles. The standard InChI is InChI=1S/C16H23N5OS2/c1-2-20(12-7-4-3-5-8-12)14(22)11-24-16-19-18-15(21(16)17)13-9-6-10-23-13/h6,9-10,12H,2-5,7-8,11,17H2,1H3. The van der Waals surface area contributed by atoms with Crippen LogP contribution in [0.5, 0.6) is 0 Å². The molecule has 0 aromatic carbocycles. The molecule has 6 nitrogen and oxygen atoms in total. The molecule has 130 valence electrons. The van der Waals surface area contributed by atoms with Gasteiger partial charge in [0.2, 0.25) is 11.1 Å². The van der Waals surface area contributed by atoms with Crippen molar-refractivity contribution in [2.75, 3.05) is 18.1 Å². The van der Waals surface area contributed by atoms with Crippen LogP contribution >= 0.6 is 23.1 Å². The van der Waals surface area contributed by atoms with Crippen LogP contribution in [0.3, 0.4) is 0 Å². The van der Waals surface area contributed by atoms with Crippen molar-refractivity contribution >= 4 is 29.0 Å². The van der Waals surface area contributed by atoms with E-state index < -0.39 is 0 Å². The lowest BCUT2D eigenvalue weighted by atomic mass is 9.94. The number of rotatable bonds is 6. The van der Waals surface area contributed by atoms with Gasteiger partial charge in [0.05, 0.1) is 10.6 Å². The SMILES string of the molecule is CCN(C(=O)CSc1nnc(-c2cccs2)n1N)C1CCCCC1. The average molecular weight is 366 g/mol. The quantitative estimate of drug-likeness (QED) is 0.629. The van der Waals surface area contributed by atoms with E-state index in [0.29, 0.717) is 22.8 Å². The highest BCUT2D eigenvalue weighted by Gasteiger charge is 2.24. The Labute approximate surface area is 150 Å². The molecule has 1 fully saturated rings. The third kappa shape index (κ3) is 3.75. The summed E-state index contributed by atoms with van der Waals surface area (Å²) in [5.74, 6) is 7.24. The van der Waals surface area contributed by atoms with Crippen LogP contribution in [0.2, 0.25) is 0 Å². The minimum atomic E-state index is 0.162. The summed E-state index contributed by atoms with van der Waals surface area (Å²) in [6, 6.07) is 4.31. The van der Waals surface area contributed by atoms with E-state index >= 15 is 0 Å². The van der Waals surface area contributed by atoms with Crippen LogP contribution in [-0.4, -0.2) is 44.0 Å². The first-order chi connectivity index (χ1) is 11.7. The molecule has 0 atom stereocenters. The zero-order valence-electron chi connectivity index (χ0n) is 13.9. The summed E-state index contributed by atoms with van der Waals surface area (Å²) < 4.78 is 1.47. The van der Waals surface area contributed by atoms with E-state index in [4.69, 9.17) is 5.84 Å². The Kier molecular flexibility index (Phi) is 5.78. The largest absolute Gasteiger partial charge is 0.339 e. The van der Waals surface area contributed by atoms with Gasteiger partial charge in [-0.05, 0) is 31.2 Å². The molecule has 1 amide bonds. The third-order valence-corrected chi connectivity index (χ3v) is 6.20. The number of carbonyl (C=O) groups is 1. The van der Waals surface area contributed by atoms with Crippen molar-refractivity contribution in [2.24, 2.45) is 0 Å². The maximum atomic E-state index is 12.6. The van der Waals surface area contributed by atoms with Crippen molar-refractivity contribution in [3.8, 4) is 10.7 Å². The normalized spacial score (nSPS) is 15.5. The Bertz CT molecular complexity index is 664. The molecular formula is C16H23N5OS2. The molecule has 2 N–H and O–H groups in total. The first kappa shape index (κ1) is 17.3. The second-order valence-corrected chi connectivity index (χ2v) is 7.80. The number of hydrogen-bond donors (Lipinski definition) is 1. The van der Waals surface area contributed by atoms with Crippen LogP contribution in [0.15, 0.2) is 22.7 Å². The summed E-state index contributed by atoms with van der Waals surface area (Å²) in [6.07, 6.45) is 5.99. The second kappa shape index (κ2) is 8.02.